The van der Waals surface area contributed by atoms with Crippen molar-refractivity contribution in [3.8, 4) is 0 Å². The molecule has 84 heavy (non-hydrogen) atoms. The van der Waals surface area contributed by atoms with Crippen molar-refractivity contribution < 1.29 is 0 Å². The minimum atomic E-state index is -0.171. The fourth-order valence-electron chi connectivity index (χ4n) is 16.3. The highest BCUT2D eigenvalue weighted by Crippen LogP contribution is 2.47. The van der Waals surface area contributed by atoms with Gasteiger partial charge in [-0.15, -0.1) is 0 Å². The van der Waals surface area contributed by atoms with E-state index in [4.69, 9.17) is 29.9 Å². The molecule has 4 saturated heterocycles. The number of aromatic nitrogens is 6. The van der Waals surface area contributed by atoms with Crippen LogP contribution in [-0.4, -0.2) is 164 Å². The lowest BCUT2D eigenvalue weighted by molar-refractivity contribution is 0.188. The third-order valence-corrected chi connectivity index (χ3v) is 18.8. The topological polar surface area (TPSA) is 187 Å². The van der Waals surface area contributed by atoms with Gasteiger partial charge in [0.25, 0.3) is 0 Å². The Hall–Kier alpha value is -3.42. The Morgan fingerprint density at radius 1 is 0.286 bits per heavy atom. The molecular weight excluding hydrogens is 1040 g/mol. The first-order valence-electron chi connectivity index (χ1n) is 34.0. The summed E-state index contributed by atoms with van der Waals surface area (Å²) >= 11 is 0. The fourth-order valence-corrected chi connectivity index (χ4v) is 16.3. The van der Waals surface area contributed by atoms with Crippen molar-refractivity contribution in [3.63, 3.8) is 0 Å². The van der Waals surface area contributed by atoms with E-state index in [1.54, 1.807) is 0 Å². The van der Waals surface area contributed by atoms with E-state index in [1.165, 1.54) is 51.4 Å². The molecule has 482 valence electrons. The highest BCUT2D eigenvalue weighted by Gasteiger charge is 2.52. The average molecular weight is 1170 g/mol. The number of piperidine rings is 4. The number of anilines is 6. The van der Waals surface area contributed by atoms with E-state index < -0.39 is 0 Å². The second-order valence-corrected chi connectivity index (χ2v) is 31.1. The second-order valence-electron chi connectivity index (χ2n) is 31.1. The Balaban J connectivity index is 1.07. The van der Waals surface area contributed by atoms with E-state index in [0.29, 0.717) is 36.1 Å². The molecule has 0 spiro atoms. The number of nitrogens with zero attached hydrogens (tertiary/aromatic N) is 10. The molecule has 0 radical (unpaired) electrons. The van der Waals surface area contributed by atoms with Gasteiger partial charge >= 0.3 is 0 Å². The third kappa shape index (κ3) is 18.6. The SMILES string of the molecule is CCCCNC1CC(C)(C)N(c2nc(NCCCNCCNCCCNc3nc(N4C(C)(C)CC(NCCCC)CC4(C)C)nc(N4C(C)(C)CC(NCCCC)CC4(C)C)n3)nc(N3C(C)(C)CC(NCCCC)CC3(C)C)n2)C(C)(C)C1. The standard InChI is InChI=1S/C66H128N18/c1-21-25-33-69-49-41-59(5,6)81(60(7,8)42-49)55-75-53(76-56(79-55)82-61(9,10)43-50(44-62(82,11)12)70-34-26-22-2)73-37-29-31-67-39-40-68-32-30-38-74-54-77-57(83-63(13,14)45-51(46-64(83,15)16)71-35-27-23-3)80-58(78-54)84-65(17,18)47-52(48-66(84,19)20)72-36-28-24-4/h49-52,67-72H,21-48H2,1-20H3,(H,73,75,76,79)(H,74,77,78,80). The Morgan fingerprint density at radius 2 is 0.500 bits per heavy atom. The molecule has 4 aliphatic heterocycles. The highest BCUT2D eigenvalue weighted by molar-refractivity contribution is 5.54. The number of hydrogen-bond acceptors (Lipinski definition) is 18. The van der Waals surface area contributed by atoms with Gasteiger partial charge in [0.05, 0.1) is 0 Å². The van der Waals surface area contributed by atoms with E-state index in [9.17, 15) is 0 Å². The zero-order valence-electron chi connectivity index (χ0n) is 57.6. The molecule has 0 unspecified atom stereocenters. The summed E-state index contributed by atoms with van der Waals surface area (Å²) in [7, 11) is 0. The predicted molar refractivity (Wildman–Crippen MR) is 358 cm³/mol. The van der Waals surface area contributed by atoms with Crippen LogP contribution < -0.4 is 62.1 Å². The molecule has 0 amide bonds. The smallest absolute Gasteiger partial charge is 0.232 e. The first-order chi connectivity index (χ1) is 39.4. The van der Waals surface area contributed by atoms with Crippen LogP contribution in [0.2, 0.25) is 0 Å². The number of nitrogens with one attached hydrogen (secondary N) is 8. The summed E-state index contributed by atoms with van der Waals surface area (Å²) in [6.07, 6.45) is 19.7. The Bertz CT molecular complexity index is 1930. The minimum absolute atomic E-state index is 0.171. The molecule has 2 aromatic heterocycles. The van der Waals surface area contributed by atoms with Gasteiger partial charge in [-0.2, -0.15) is 29.9 Å². The lowest BCUT2D eigenvalue weighted by atomic mass is 9.77. The van der Waals surface area contributed by atoms with Crippen LogP contribution >= 0.6 is 0 Å². The van der Waals surface area contributed by atoms with Gasteiger partial charge in [0.15, 0.2) is 0 Å². The van der Waals surface area contributed by atoms with Crippen LogP contribution in [0.25, 0.3) is 0 Å². The van der Waals surface area contributed by atoms with Crippen LogP contribution in [0, 0.1) is 0 Å². The molecule has 4 fully saturated rings. The van der Waals surface area contributed by atoms with Crippen molar-refractivity contribution in [2.24, 2.45) is 0 Å². The lowest BCUT2D eigenvalue weighted by Gasteiger charge is -2.57. The molecule has 0 atom stereocenters. The number of unbranched alkanes of at least 4 members (excludes halogenated alkanes) is 4. The third-order valence-electron chi connectivity index (χ3n) is 18.8. The van der Waals surface area contributed by atoms with Gasteiger partial charge in [-0.05, 0) is 240 Å². The van der Waals surface area contributed by atoms with Crippen LogP contribution in [0.1, 0.15) is 254 Å². The highest BCUT2D eigenvalue weighted by atomic mass is 15.5. The van der Waals surface area contributed by atoms with Crippen molar-refractivity contribution in [3.05, 3.63) is 0 Å². The predicted octanol–water partition coefficient (Wildman–Crippen LogP) is 11.2. The van der Waals surface area contributed by atoms with E-state index in [0.717, 1.165) is 153 Å². The summed E-state index contributed by atoms with van der Waals surface area (Å²) in [6, 6.07) is 1.77. The first-order valence-corrected chi connectivity index (χ1v) is 34.0. The van der Waals surface area contributed by atoms with Gasteiger partial charge in [0.1, 0.15) is 0 Å². The molecule has 8 N–H and O–H groups in total. The van der Waals surface area contributed by atoms with Gasteiger partial charge < -0.3 is 62.1 Å². The quantitative estimate of drug-likeness (QED) is 0.0315. The van der Waals surface area contributed by atoms with Crippen molar-refractivity contribution in [2.45, 2.75) is 323 Å². The number of rotatable bonds is 33. The van der Waals surface area contributed by atoms with Gasteiger partial charge in [-0.25, -0.2) is 0 Å². The fraction of sp³-hybridized carbons (Fsp3) is 0.909. The Morgan fingerprint density at radius 3 is 0.702 bits per heavy atom. The molecule has 4 aliphatic rings. The molecule has 18 heteroatoms. The maximum absolute atomic E-state index is 5.48. The van der Waals surface area contributed by atoms with E-state index in [1.807, 2.05) is 0 Å². The molecule has 0 aromatic carbocycles. The maximum atomic E-state index is 5.48. The molecule has 0 saturated carbocycles. The van der Waals surface area contributed by atoms with E-state index in [2.05, 4.69) is 201 Å². The van der Waals surface area contributed by atoms with Crippen LogP contribution in [0.5, 0.6) is 0 Å². The maximum Gasteiger partial charge on any atom is 0.232 e. The summed E-state index contributed by atoms with van der Waals surface area (Å²) in [5.41, 5.74) is -1.37. The summed E-state index contributed by atoms with van der Waals surface area (Å²) in [6.45, 7) is 56.3. The van der Waals surface area contributed by atoms with Gasteiger partial charge in [-0.3, -0.25) is 0 Å². The zero-order valence-corrected chi connectivity index (χ0v) is 57.6. The molecular formula is C66H128N18. The lowest BCUT2D eigenvalue weighted by Crippen LogP contribution is -2.66. The minimum Gasteiger partial charge on any atom is -0.354 e. The molecule has 0 bridgehead atoms. The molecule has 0 aliphatic carbocycles. The van der Waals surface area contributed by atoms with Crippen LogP contribution in [0.15, 0.2) is 0 Å². The van der Waals surface area contributed by atoms with Crippen molar-refractivity contribution in [1.82, 2.24) is 61.8 Å². The number of hydrogen-bond donors (Lipinski definition) is 8. The molecule has 18 nitrogen and oxygen atoms in total. The average Bonchev–Trinajstić information content (AvgIpc) is 0.919. The van der Waals surface area contributed by atoms with Crippen LogP contribution in [0.4, 0.5) is 35.7 Å². The Labute approximate surface area is 513 Å². The summed E-state index contributed by atoms with van der Waals surface area (Å²) < 4.78 is 0. The second kappa shape index (κ2) is 29.7. The first kappa shape index (κ1) is 69.7. The van der Waals surface area contributed by atoms with E-state index in [-0.39, 0.29) is 44.3 Å². The molecule has 6 rings (SSSR count). The van der Waals surface area contributed by atoms with Gasteiger partial charge in [0, 0.05) is 94.7 Å². The largest absolute Gasteiger partial charge is 0.354 e. The monoisotopic (exact) mass is 1170 g/mol. The van der Waals surface area contributed by atoms with Crippen molar-refractivity contribution >= 4 is 35.7 Å². The summed E-state index contributed by atoms with van der Waals surface area (Å²) in [4.78, 5) is 42.1. The summed E-state index contributed by atoms with van der Waals surface area (Å²) in [5.74, 6) is 4.39. The van der Waals surface area contributed by atoms with Crippen molar-refractivity contribution in [2.75, 3.05) is 95.7 Å². The van der Waals surface area contributed by atoms with Gasteiger partial charge in [-0.1, -0.05) is 53.4 Å². The van der Waals surface area contributed by atoms with Crippen LogP contribution in [-0.2, 0) is 0 Å². The normalized spacial score (nSPS) is 22.2. The van der Waals surface area contributed by atoms with Gasteiger partial charge in [0.2, 0.25) is 35.7 Å². The molecule has 2 aromatic rings. The van der Waals surface area contributed by atoms with E-state index >= 15 is 0 Å². The summed E-state index contributed by atoms with van der Waals surface area (Å²) in [5, 5.41) is 30.4. The van der Waals surface area contributed by atoms with Crippen molar-refractivity contribution in [1.29, 1.82) is 0 Å². The zero-order chi connectivity index (χ0) is 61.8. The Kier molecular flexibility index (Phi) is 24.7. The molecule has 6 heterocycles. The van der Waals surface area contributed by atoms with Crippen LogP contribution in [0.3, 0.4) is 0 Å².